The Labute approximate surface area is 185 Å². The minimum Gasteiger partial charge on any atom is -0.288 e. The Hall–Kier alpha value is -3.94. The third-order valence-electron chi connectivity index (χ3n) is 4.93. The Morgan fingerprint density at radius 1 is 0.750 bits per heavy atom. The van der Waals surface area contributed by atoms with E-state index >= 15 is 0 Å². The van der Waals surface area contributed by atoms with E-state index < -0.39 is 15.9 Å². The molecule has 0 atom stereocenters. The second-order valence-corrected chi connectivity index (χ2v) is 8.78. The maximum Gasteiger partial charge on any atom is 0.267 e. The topological polar surface area (TPSA) is 95.5 Å². The van der Waals surface area contributed by atoms with Crippen molar-refractivity contribution < 1.29 is 18.4 Å². The molecule has 0 unspecified atom stereocenters. The van der Waals surface area contributed by atoms with Crippen LogP contribution < -0.4 is 10.2 Å². The van der Waals surface area contributed by atoms with Gasteiger partial charge < -0.3 is 0 Å². The zero-order chi connectivity index (χ0) is 22.6. The summed E-state index contributed by atoms with van der Waals surface area (Å²) in [6.45, 7) is 0. The van der Waals surface area contributed by atoms with Crippen molar-refractivity contribution in [1.82, 2.24) is 5.48 Å². The largest absolute Gasteiger partial charge is 0.288 e. The standard InChI is InChI=1S/C25H20N2O4S/c28-25(26-29)17-24(19-8-2-1-3-9-19)21-11-6-12-22(15-21)27-32(30,31)23-14-13-18-7-4-5-10-20(18)16-23/h1-17,27,29H,(H,26,28). The molecule has 6 nitrogen and oxygen atoms in total. The normalized spacial score (nSPS) is 11.8. The summed E-state index contributed by atoms with van der Waals surface area (Å²) >= 11 is 0. The highest BCUT2D eigenvalue weighted by Crippen LogP contribution is 2.27. The predicted octanol–water partition coefficient (Wildman–Crippen LogP) is 4.58. The van der Waals surface area contributed by atoms with Gasteiger partial charge in [-0.2, -0.15) is 0 Å². The van der Waals surface area contributed by atoms with Gasteiger partial charge in [-0.05, 0) is 51.7 Å². The Morgan fingerprint density at radius 3 is 2.19 bits per heavy atom. The summed E-state index contributed by atoms with van der Waals surface area (Å²) in [7, 11) is -3.83. The van der Waals surface area contributed by atoms with Crippen molar-refractivity contribution in [3.8, 4) is 0 Å². The molecule has 1 amide bonds. The number of nitrogens with one attached hydrogen (secondary N) is 2. The highest BCUT2D eigenvalue weighted by atomic mass is 32.2. The van der Waals surface area contributed by atoms with Crippen molar-refractivity contribution >= 4 is 38.0 Å². The summed E-state index contributed by atoms with van der Waals surface area (Å²) in [6.07, 6.45) is 1.26. The molecular weight excluding hydrogens is 424 g/mol. The lowest BCUT2D eigenvalue weighted by molar-refractivity contribution is -0.124. The van der Waals surface area contributed by atoms with Gasteiger partial charge in [-0.15, -0.1) is 0 Å². The van der Waals surface area contributed by atoms with Crippen LogP contribution in [0, 0.1) is 0 Å². The Balaban J connectivity index is 1.69. The van der Waals surface area contributed by atoms with Crippen LogP contribution in [-0.4, -0.2) is 19.5 Å². The second kappa shape index (κ2) is 9.05. The number of rotatable bonds is 6. The molecule has 4 aromatic rings. The van der Waals surface area contributed by atoms with Gasteiger partial charge in [0.05, 0.1) is 4.90 Å². The first kappa shape index (κ1) is 21.3. The number of carbonyl (C=O) groups excluding carboxylic acids is 1. The molecular formula is C25H20N2O4S. The minimum atomic E-state index is -3.83. The molecule has 0 heterocycles. The van der Waals surface area contributed by atoms with Crippen LogP contribution in [0.2, 0.25) is 0 Å². The number of benzene rings is 4. The fourth-order valence-corrected chi connectivity index (χ4v) is 4.50. The lowest BCUT2D eigenvalue weighted by Gasteiger charge is -2.12. The van der Waals surface area contributed by atoms with Crippen LogP contribution >= 0.6 is 0 Å². The number of amides is 1. The molecule has 3 N–H and O–H groups in total. The average Bonchev–Trinajstić information content (AvgIpc) is 2.82. The van der Waals surface area contributed by atoms with Gasteiger partial charge in [0.15, 0.2) is 0 Å². The van der Waals surface area contributed by atoms with Crippen molar-refractivity contribution in [2.75, 3.05) is 4.72 Å². The molecule has 0 bridgehead atoms. The molecule has 0 aliphatic carbocycles. The fraction of sp³-hybridized carbons (Fsp3) is 0. The summed E-state index contributed by atoms with van der Waals surface area (Å²) in [4.78, 5) is 12.0. The first-order valence-electron chi connectivity index (χ1n) is 9.79. The predicted molar refractivity (Wildman–Crippen MR) is 125 cm³/mol. The van der Waals surface area contributed by atoms with Crippen molar-refractivity contribution in [2.45, 2.75) is 4.90 Å². The molecule has 0 aliphatic rings. The minimum absolute atomic E-state index is 0.153. The van der Waals surface area contributed by atoms with Crippen molar-refractivity contribution in [1.29, 1.82) is 0 Å². The molecule has 7 heteroatoms. The maximum atomic E-state index is 13.0. The molecule has 4 rings (SSSR count). The smallest absolute Gasteiger partial charge is 0.267 e. The second-order valence-electron chi connectivity index (χ2n) is 7.10. The molecule has 0 radical (unpaired) electrons. The lowest BCUT2D eigenvalue weighted by atomic mass is 9.97. The summed E-state index contributed by atoms with van der Waals surface area (Å²) in [5, 5.41) is 10.7. The summed E-state index contributed by atoms with van der Waals surface area (Å²) in [5.74, 6) is -0.689. The molecule has 32 heavy (non-hydrogen) atoms. The van der Waals surface area contributed by atoms with Gasteiger partial charge in [-0.25, -0.2) is 13.9 Å². The van der Waals surface area contributed by atoms with Crippen molar-refractivity contribution in [2.24, 2.45) is 0 Å². The van der Waals surface area contributed by atoms with Crippen LogP contribution in [0.15, 0.2) is 108 Å². The van der Waals surface area contributed by atoms with Crippen LogP contribution in [0.4, 0.5) is 5.69 Å². The van der Waals surface area contributed by atoms with Gasteiger partial charge in [0.25, 0.3) is 15.9 Å². The first-order valence-corrected chi connectivity index (χ1v) is 11.3. The monoisotopic (exact) mass is 444 g/mol. The maximum absolute atomic E-state index is 13.0. The van der Waals surface area contributed by atoms with E-state index in [9.17, 15) is 13.2 Å². The molecule has 0 saturated heterocycles. The van der Waals surface area contributed by atoms with Crippen molar-refractivity contribution in [3.05, 3.63) is 114 Å². The molecule has 0 spiro atoms. The summed E-state index contributed by atoms with van der Waals surface area (Å²) < 4.78 is 28.6. The van der Waals surface area contributed by atoms with Gasteiger partial charge in [-0.3, -0.25) is 14.7 Å². The molecule has 0 fully saturated rings. The van der Waals surface area contributed by atoms with E-state index in [1.54, 1.807) is 47.9 Å². The molecule has 0 aromatic heterocycles. The van der Waals surface area contributed by atoms with Gasteiger partial charge >= 0.3 is 0 Å². The highest BCUT2D eigenvalue weighted by Gasteiger charge is 2.16. The van der Waals surface area contributed by atoms with E-state index in [-0.39, 0.29) is 4.90 Å². The van der Waals surface area contributed by atoms with Gasteiger partial charge in [0, 0.05) is 11.8 Å². The highest BCUT2D eigenvalue weighted by molar-refractivity contribution is 7.92. The average molecular weight is 445 g/mol. The summed E-state index contributed by atoms with van der Waals surface area (Å²) in [6, 6.07) is 28.4. The summed E-state index contributed by atoms with van der Waals surface area (Å²) in [5.41, 5.74) is 3.83. The van der Waals surface area contributed by atoms with Crippen LogP contribution in [0.5, 0.6) is 0 Å². The quantitative estimate of drug-likeness (QED) is 0.230. The van der Waals surface area contributed by atoms with E-state index in [0.717, 1.165) is 16.3 Å². The Kier molecular flexibility index (Phi) is 6.02. The van der Waals surface area contributed by atoms with E-state index in [1.807, 2.05) is 54.6 Å². The van der Waals surface area contributed by atoms with E-state index in [0.29, 0.717) is 16.8 Å². The molecule has 160 valence electrons. The molecule has 0 saturated carbocycles. The van der Waals surface area contributed by atoms with Crippen LogP contribution in [0.1, 0.15) is 11.1 Å². The number of anilines is 1. The number of hydrogen-bond donors (Lipinski definition) is 3. The fourth-order valence-electron chi connectivity index (χ4n) is 3.41. The third-order valence-corrected chi connectivity index (χ3v) is 6.31. The third kappa shape index (κ3) is 4.69. The van der Waals surface area contributed by atoms with Crippen LogP contribution in [-0.2, 0) is 14.8 Å². The Bertz CT molecular complexity index is 1410. The van der Waals surface area contributed by atoms with Crippen LogP contribution in [0.25, 0.3) is 16.3 Å². The number of sulfonamides is 1. The van der Waals surface area contributed by atoms with Crippen molar-refractivity contribution in [3.63, 3.8) is 0 Å². The van der Waals surface area contributed by atoms with E-state index in [2.05, 4.69) is 4.72 Å². The number of fused-ring (bicyclic) bond motifs is 1. The number of hydrogen-bond acceptors (Lipinski definition) is 4. The lowest BCUT2D eigenvalue weighted by Crippen LogP contribution is -2.16. The molecule has 4 aromatic carbocycles. The number of carbonyl (C=O) groups is 1. The zero-order valence-corrected chi connectivity index (χ0v) is 17.7. The van der Waals surface area contributed by atoms with Gasteiger partial charge in [0.1, 0.15) is 0 Å². The SMILES string of the molecule is O=C(C=C(c1ccccc1)c1cccc(NS(=O)(=O)c2ccc3ccccc3c2)c1)NO. The Morgan fingerprint density at radius 2 is 1.44 bits per heavy atom. The number of hydroxylamine groups is 1. The van der Waals surface area contributed by atoms with Gasteiger partial charge in [0.2, 0.25) is 0 Å². The van der Waals surface area contributed by atoms with Crippen LogP contribution in [0.3, 0.4) is 0 Å². The first-order chi connectivity index (χ1) is 15.5. The zero-order valence-electron chi connectivity index (χ0n) is 16.9. The van der Waals surface area contributed by atoms with Gasteiger partial charge in [-0.1, -0.05) is 72.8 Å². The molecule has 0 aliphatic heterocycles. The van der Waals surface area contributed by atoms with E-state index in [1.165, 1.54) is 6.08 Å². The van der Waals surface area contributed by atoms with E-state index in [4.69, 9.17) is 5.21 Å².